The highest BCUT2D eigenvalue weighted by Crippen LogP contribution is 2.28. The van der Waals surface area contributed by atoms with Gasteiger partial charge in [-0.1, -0.05) is 12.1 Å². The van der Waals surface area contributed by atoms with E-state index in [4.69, 9.17) is 16.3 Å². The number of hydrogen-bond donors (Lipinski definition) is 0. The van der Waals surface area contributed by atoms with Gasteiger partial charge in [0.25, 0.3) is 5.91 Å². The Bertz CT molecular complexity index is 401. The second-order valence-electron chi connectivity index (χ2n) is 4.55. The molecule has 1 amide bonds. The van der Waals surface area contributed by atoms with Crippen molar-refractivity contribution in [2.24, 2.45) is 0 Å². The van der Waals surface area contributed by atoms with Gasteiger partial charge in [0.2, 0.25) is 0 Å². The maximum atomic E-state index is 12.4. The number of carbonyl (C=O) groups is 1. The Labute approximate surface area is 113 Å². The van der Waals surface area contributed by atoms with Crippen molar-refractivity contribution >= 4 is 17.5 Å². The van der Waals surface area contributed by atoms with Crippen LogP contribution in [0.4, 0.5) is 0 Å². The van der Waals surface area contributed by atoms with E-state index in [-0.39, 0.29) is 5.91 Å². The Hall–Kier alpha value is -1.06. The molecule has 1 aliphatic rings. The van der Waals surface area contributed by atoms with E-state index in [9.17, 15) is 4.79 Å². The largest absolute Gasteiger partial charge is 0.383 e. The monoisotopic (exact) mass is 267 g/mol. The lowest BCUT2D eigenvalue weighted by atomic mass is 10.1. The fourth-order valence-corrected chi connectivity index (χ4v) is 2.11. The van der Waals surface area contributed by atoms with Gasteiger partial charge >= 0.3 is 0 Å². The van der Waals surface area contributed by atoms with Gasteiger partial charge in [-0.2, -0.15) is 0 Å². The topological polar surface area (TPSA) is 29.5 Å². The molecule has 2 rings (SSSR count). The Kier molecular flexibility index (Phi) is 4.61. The molecule has 0 aromatic heterocycles. The number of methoxy groups -OCH3 is 1. The smallest absolute Gasteiger partial charge is 0.254 e. The molecule has 0 spiro atoms. The molecule has 0 atom stereocenters. The summed E-state index contributed by atoms with van der Waals surface area (Å²) in [6.45, 7) is 1.25. The molecule has 1 saturated carbocycles. The molecule has 1 aliphatic carbocycles. The highest BCUT2D eigenvalue weighted by atomic mass is 35.5. The van der Waals surface area contributed by atoms with Crippen molar-refractivity contribution in [2.45, 2.75) is 24.8 Å². The van der Waals surface area contributed by atoms with Crippen LogP contribution in [0.2, 0.25) is 0 Å². The van der Waals surface area contributed by atoms with E-state index in [1.807, 2.05) is 29.2 Å². The summed E-state index contributed by atoms with van der Waals surface area (Å²) in [5, 5.41) is 0. The van der Waals surface area contributed by atoms with Gasteiger partial charge in [-0.25, -0.2) is 0 Å². The maximum absolute atomic E-state index is 12.4. The molecule has 1 aromatic carbocycles. The molecule has 1 aromatic rings. The normalized spacial score (nSPS) is 14.6. The minimum Gasteiger partial charge on any atom is -0.383 e. The van der Waals surface area contributed by atoms with Crippen molar-refractivity contribution in [2.75, 3.05) is 20.3 Å². The molecule has 0 aliphatic heterocycles. The van der Waals surface area contributed by atoms with Crippen molar-refractivity contribution in [3.05, 3.63) is 35.4 Å². The number of amides is 1. The third-order valence-electron chi connectivity index (χ3n) is 3.14. The second-order valence-corrected chi connectivity index (χ2v) is 4.82. The summed E-state index contributed by atoms with van der Waals surface area (Å²) in [5.41, 5.74) is 1.76. The molecule has 0 heterocycles. The van der Waals surface area contributed by atoms with Gasteiger partial charge < -0.3 is 9.64 Å². The Balaban J connectivity index is 2.06. The zero-order valence-electron chi connectivity index (χ0n) is 10.6. The lowest BCUT2D eigenvalue weighted by Gasteiger charge is -2.22. The van der Waals surface area contributed by atoms with Crippen LogP contribution in [-0.2, 0) is 10.6 Å². The van der Waals surface area contributed by atoms with Crippen molar-refractivity contribution in [3.8, 4) is 0 Å². The molecule has 1 fully saturated rings. The Morgan fingerprint density at radius 3 is 2.56 bits per heavy atom. The lowest BCUT2D eigenvalue weighted by Crippen LogP contribution is -2.35. The third-order valence-corrected chi connectivity index (χ3v) is 3.45. The average Bonchev–Trinajstić information content (AvgIpc) is 3.24. The van der Waals surface area contributed by atoms with Crippen LogP contribution in [0.5, 0.6) is 0 Å². The van der Waals surface area contributed by atoms with Crippen LogP contribution >= 0.6 is 11.6 Å². The van der Waals surface area contributed by atoms with Gasteiger partial charge in [0.1, 0.15) is 0 Å². The summed E-state index contributed by atoms with van der Waals surface area (Å²) in [6.07, 6.45) is 2.21. The molecule has 0 saturated heterocycles. The van der Waals surface area contributed by atoms with Crippen LogP contribution in [0.3, 0.4) is 0 Å². The molecule has 4 heteroatoms. The molecule has 0 bridgehead atoms. The molecular formula is C14H18ClNO2. The Morgan fingerprint density at radius 1 is 1.39 bits per heavy atom. The van der Waals surface area contributed by atoms with Crippen LogP contribution in [-0.4, -0.2) is 37.1 Å². The minimum atomic E-state index is 0.0932. The van der Waals surface area contributed by atoms with Crippen LogP contribution in [0.1, 0.15) is 28.8 Å². The van der Waals surface area contributed by atoms with Crippen molar-refractivity contribution < 1.29 is 9.53 Å². The van der Waals surface area contributed by atoms with Crippen molar-refractivity contribution in [1.29, 1.82) is 0 Å². The fourth-order valence-electron chi connectivity index (χ4n) is 1.93. The van der Waals surface area contributed by atoms with E-state index in [1.165, 1.54) is 0 Å². The van der Waals surface area contributed by atoms with Crippen LogP contribution < -0.4 is 0 Å². The quantitative estimate of drug-likeness (QED) is 0.742. The van der Waals surface area contributed by atoms with Gasteiger partial charge in [-0.3, -0.25) is 4.79 Å². The molecule has 0 unspecified atom stereocenters. The van der Waals surface area contributed by atoms with Crippen molar-refractivity contribution in [1.82, 2.24) is 4.90 Å². The first-order chi connectivity index (χ1) is 8.76. The average molecular weight is 268 g/mol. The molecular weight excluding hydrogens is 250 g/mol. The fraction of sp³-hybridized carbons (Fsp3) is 0.500. The van der Waals surface area contributed by atoms with Crippen LogP contribution in [0, 0.1) is 0 Å². The molecule has 0 radical (unpaired) electrons. The van der Waals surface area contributed by atoms with Crippen LogP contribution in [0.15, 0.2) is 24.3 Å². The van der Waals surface area contributed by atoms with Crippen molar-refractivity contribution in [3.63, 3.8) is 0 Å². The highest BCUT2D eigenvalue weighted by Gasteiger charge is 2.32. The molecule has 0 N–H and O–H groups in total. The number of alkyl halides is 1. The first-order valence-electron chi connectivity index (χ1n) is 6.21. The maximum Gasteiger partial charge on any atom is 0.254 e. The number of benzene rings is 1. The van der Waals surface area contributed by atoms with E-state index < -0.39 is 0 Å². The summed E-state index contributed by atoms with van der Waals surface area (Å²) in [6, 6.07) is 7.91. The minimum absolute atomic E-state index is 0.0932. The first-order valence-corrected chi connectivity index (χ1v) is 6.74. The number of nitrogens with zero attached hydrogens (tertiary/aromatic N) is 1. The summed E-state index contributed by atoms with van der Waals surface area (Å²) in [5.74, 6) is 0.570. The second kappa shape index (κ2) is 6.21. The van der Waals surface area contributed by atoms with Gasteiger partial charge in [0.05, 0.1) is 6.61 Å². The lowest BCUT2D eigenvalue weighted by molar-refractivity contribution is 0.0680. The van der Waals surface area contributed by atoms with E-state index >= 15 is 0 Å². The van der Waals surface area contributed by atoms with Gasteiger partial charge in [0, 0.05) is 31.1 Å². The summed E-state index contributed by atoms with van der Waals surface area (Å²) >= 11 is 5.74. The van der Waals surface area contributed by atoms with Gasteiger partial charge in [-0.05, 0) is 30.5 Å². The SMILES string of the molecule is COCCN(C(=O)c1ccc(CCl)cc1)C1CC1. The molecule has 98 valence electrons. The van der Waals surface area contributed by atoms with E-state index in [0.717, 1.165) is 24.0 Å². The van der Waals surface area contributed by atoms with Crippen LogP contribution in [0.25, 0.3) is 0 Å². The van der Waals surface area contributed by atoms with E-state index in [2.05, 4.69) is 0 Å². The number of rotatable bonds is 6. The van der Waals surface area contributed by atoms with Gasteiger partial charge in [0.15, 0.2) is 0 Å². The molecule has 3 nitrogen and oxygen atoms in total. The van der Waals surface area contributed by atoms with E-state index in [1.54, 1.807) is 7.11 Å². The van der Waals surface area contributed by atoms with Gasteiger partial charge in [-0.15, -0.1) is 11.6 Å². The predicted octanol–water partition coefficient (Wildman–Crippen LogP) is 2.68. The standard InChI is InChI=1S/C14H18ClNO2/c1-18-9-8-16(13-6-7-13)14(17)12-4-2-11(10-15)3-5-12/h2-5,13H,6-10H2,1H3. The summed E-state index contributed by atoms with van der Waals surface area (Å²) < 4.78 is 5.06. The summed E-state index contributed by atoms with van der Waals surface area (Å²) in [7, 11) is 1.66. The third kappa shape index (κ3) is 3.24. The zero-order chi connectivity index (χ0) is 13.0. The van der Waals surface area contributed by atoms with E-state index in [0.29, 0.717) is 25.1 Å². The highest BCUT2D eigenvalue weighted by molar-refractivity contribution is 6.17. The predicted molar refractivity (Wildman–Crippen MR) is 71.9 cm³/mol. The summed E-state index contributed by atoms with van der Waals surface area (Å²) in [4.78, 5) is 14.3. The Morgan fingerprint density at radius 2 is 2.06 bits per heavy atom. The number of hydrogen-bond acceptors (Lipinski definition) is 2. The first kappa shape index (κ1) is 13.4. The zero-order valence-corrected chi connectivity index (χ0v) is 11.3. The number of ether oxygens (including phenoxy) is 1. The number of halogens is 1. The molecule has 18 heavy (non-hydrogen) atoms. The number of carbonyl (C=O) groups excluding carboxylic acids is 1.